The third-order valence-electron chi connectivity index (χ3n) is 3.48. The lowest BCUT2D eigenvalue weighted by Crippen LogP contribution is -2.03. The second kappa shape index (κ2) is 4.87. The summed E-state index contributed by atoms with van der Waals surface area (Å²) in [4.78, 5) is 7.84. The molecule has 3 aromatic rings. The highest BCUT2D eigenvalue weighted by atomic mass is 32.1. The molecule has 102 valence electrons. The Morgan fingerprint density at radius 2 is 2.00 bits per heavy atom. The summed E-state index contributed by atoms with van der Waals surface area (Å²) in [6.07, 6.45) is 1.99. The quantitative estimate of drug-likeness (QED) is 0.702. The number of hydrogen-bond donors (Lipinski definition) is 1. The molecule has 0 saturated heterocycles. The zero-order valence-electron chi connectivity index (χ0n) is 11.8. The molecule has 0 fully saturated rings. The molecule has 3 rings (SSSR count). The first kappa shape index (κ1) is 13.1. The summed E-state index contributed by atoms with van der Waals surface area (Å²) in [5, 5.41) is 1.13. The Morgan fingerprint density at radius 1 is 1.20 bits per heavy atom. The third kappa shape index (κ3) is 2.06. The van der Waals surface area contributed by atoms with Crippen molar-refractivity contribution in [3.05, 3.63) is 52.7 Å². The van der Waals surface area contributed by atoms with E-state index in [-0.39, 0.29) is 0 Å². The number of nitrogens with zero attached hydrogens (tertiary/aromatic N) is 2. The summed E-state index contributed by atoms with van der Waals surface area (Å²) in [7, 11) is 0. The fraction of sp³-hybridized carbons (Fsp3) is 0.250. The molecule has 0 bridgehead atoms. The summed E-state index contributed by atoms with van der Waals surface area (Å²) in [5.74, 6) is 0.392. The lowest BCUT2D eigenvalue weighted by molar-refractivity contribution is 0.785. The van der Waals surface area contributed by atoms with Crippen LogP contribution in [0.5, 0.6) is 0 Å². The number of imidazole rings is 1. The first-order valence-corrected chi connectivity index (χ1v) is 7.16. The number of aryl methyl sites for hydroxylation is 1. The zero-order valence-corrected chi connectivity index (χ0v) is 12.7. The van der Waals surface area contributed by atoms with E-state index in [0.717, 1.165) is 22.3 Å². The van der Waals surface area contributed by atoms with E-state index in [9.17, 15) is 0 Å². The van der Waals surface area contributed by atoms with E-state index in [0.29, 0.717) is 10.7 Å². The number of benzene rings is 1. The van der Waals surface area contributed by atoms with Gasteiger partial charge >= 0.3 is 0 Å². The number of para-hydroxylation sites is 1. The van der Waals surface area contributed by atoms with Gasteiger partial charge in [-0.25, -0.2) is 0 Å². The maximum Gasteiger partial charge on any atom is 0.182 e. The van der Waals surface area contributed by atoms with Crippen LogP contribution in [-0.4, -0.2) is 14.5 Å². The van der Waals surface area contributed by atoms with Crippen LogP contribution in [0.3, 0.4) is 0 Å². The molecule has 3 nitrogen and oxygen atoms in total. The fourth-order valence-corrected chi connectivity index (χ4v) is 2.73. The maximum absolute atomic E-state index is 5.45. The summed E-state index contributed by atoms with van der Waals surface area (Å²) >= 11 is 5.45. The molecular weight excluding hydrogens is 266 g/mol. The monoisotopic (exact) mass is 283 g/mol. The van der Waals surface area contributed by atoms with Crippen LogP contribution in [0.1, 0.15) is 31.2 Å². The minimum absolute atomic E-state index is 0.392. The molecule has 2 heterocycles. The van der Waals surface area contributed by atoms with Crippen LogP contribution in [-0.2, 0) is 0 Å². The lowest BCUT2D eigenvalue weighted by atomic mass is 10.1. The Bertz CT molecular complexity index is 827. The summed E-state index contributed by atoms with van der Waals surface area (Å²) in [6, 6.07) is 10.3. The predicted octanol–water partition coefficient (Wildman–Crippen LogP) is 4.51. The van der Waals surface area contributed by atoms with Gasteiger partial charge in [0.15, 0.2) is 4.77 Å². The Kier molecular flexibility index (Phi) is 3.18. The highest BCUT2D eigenvalue weighted by molar-refractivity contribution is 7.71. The third-order valence-corrected chi connectivity index (χ3v) is 3.78. The van der Waals surface area contributed by atoms with Gasteiger partial charge in [0.25, 0.3) is 0 Å². The van der Waals surface area contributed by atoms with Crippen LogP contribution in [0.4, 0.5) is 0 Å². The molecule has 2 aromatic heterocycles. The molecule has 20 heavy (non-hydrogen) atoms. The van der Waals surface area contributed by atoms with Gasteiger partial charge in [0.2, 0.25) is 0 Å². The number of pyridine rings is 1. The van der Waals surface area contributed by atoms with Crippen molar-refractivity contribution in [2.75, 3.05) is 0 Å². The molecule has 0 spiro atoms. The molecule has 0 amide bonds. The van der Waals surface area contributed by atoms with E-state index in [1.807, 2.05) is 25.3 Å². The van der Waals surface area contributed by atoms with Gasteiger partial charge in [0, 0.05) is 23.0 Å². The Labute approximate surface area is 123 Å². The Hall–Kier alpha value is -1.94. The van der Waals surface area contributed by atoms with Crippen molar-refractivity contribution in [3.63, 3.8) is 0 Å². The van der Waals surface area contributed by atoms with Crippen molar-refractivity contribution in [2.24, 2.45) is 0 Å². The summed E-state index contributed by atoms with van der Waals surface area (Å²) < 4.78 is 2.80. The summed E-state index contributed by atoms with van der Waals surface area (Å²) in [6.45, 7) is 6.34. The minimum atomic E-state index is 0.392. The predicted molar refractivity (Wildman–Crippen MR) is 85.1 cm³/mol. The van der Waals surface area contributed by atoms with E-state index >= 15 is 0 Å². The molecule has 0 aliphatic heterocycles. The van der Waals surface area contributed by atoms with Gasteiger partial charge < -0.3 is 4.98 Å². The number of fused-ring (bicyclic) bond motifs is 1. The number of rotatable bonds is 2. The zero-order chi connectivity index (χ0) is 14.3. The number of H-pyrrole nitrogens is 1. The first-order chi connectivity index (χ1) is 9.58. The van der Waals surface area contributed by atoms with Crippen molar-refractivity contribution in [1.29, 1.82) is 0 Å². The molecule has 0 aliphatic rings. The smallest absolute Gasteiger partial charge is 0.182 e. The van der Waals surface area contributed by atoms with E-state index in [1.165, 1.54) is 5.69 Å². The van der Waals surface area contributed by atoms with E-state index < -0.39 is 0 Å². The van der Waals surface area contributed by atoms with E-state index in [2.05, 4.69) is 41.6 Å². The first-order valence-electron chi connectivity index (χ1n) is 6.75. The molecule has 0 saturated carbocycles. The van der Waals surface area contributed by atoms with Crippen molar-refractivity contribution >= 4 is 23.1 Å². The van der Waals surface area contributed by atoms with Gasteiger partial charge in [-0.15, -0.1) is 0 Å². The average molecular weight is 283 g/mol. The number of hydrogen-bond acceptors (Lipinski definition) is 2. The Balaban J connectivity index is 2.38. The maximum atomic E-state index is 5.45. The van der Waals surface area contributed by atoms with Gasteiger partial charge in [-0.05, 0) is 37.2 Å². The van der Waals surface area contributed by atoms with Gasteiger partial charge in [-0.2, -0.15) is 0 Å². The van der Waals surface area contributed by atoms with Crippen LogP contribution >= 0.6 is 12.2 Å². The lowest BCUT2D eigenvalue weighted by Gasteiger charge is -2.13. The number of aromatic nitrogens is 3. The van der Waals surface area contributed by atoms with E-state index in [1.54, 1.807) is 0 Å². The van der Waals surface area contributed by atoms with Crippen molar-refractivity contribution in [3.8, 4) is 5.69 Å². The van der Waals surface area contributed by atoms with Crippen LogP contribution in [0, 0.1) is 11.7 Å². The van der Waals surface area contributed by atoms with Gasteiger partial charge in [0.05, 0.1) is 11.2 Å². The molecule has 0 aliphatic carbocycles. The average Bonchev–Trinajstić information content (AvgIpc) is 2.80. The van der Waals surface area contributed by atoms with Crippen molar-refractivity contribution < 1.29 is 0 Å². The van der Waals surface area contributed by atoms with Gasteiger partial charge in [-0.1, -0.05) is 32.0 Å². The molecule has 4 heteroatoms. The normalized spacial score (nSPS) is 11.4. The number of aromatic amines is 1. The molecule has 1 aromatic carbocycles. The van der Waals surface area contributed by atoms with Crippen LogP contribution in [0.2, 0.25) is 0 Å². The topological polar surface area (TPSA) is 33.6 Å². The van der Waals surface area contributed by atoms with Crippen LogP contribution < -0.4 is 0 Å². The van der Waals surface area contributed by atoms with Crippen LogP contribution in [0.15, 0.2) is 36.5 Å². The SMILES string of the molecule is Cc1ccc2cccc(-n3c(C(C)C)c[nH]c3=S)c2n1. The molecule has 0 unspecified atom stereocenters. The van der Waals surface area contributed by atoms with E-state index in [4.69, 9.17) is 17.2 Å². The Morgan fingerprint density at radius 3 is 2.75 bits per heavy atom. The van der Waals surface area contributed by atoms with Gasteiger partial charge in [-0.3, -0.25) is 9.55 Å². The second-order valence-corrected chi connectivity index (χ2v) is 5.70. The fourth-order valence-electron chi connectivity index (χ4n) is 2.46. The second-order valence-electron chi connectivity index (χ2n) is 5.31. The molecule has 0 radical (unpaired) electrons. The standard InChI is InChI=1S/C16H17N3S/c1-10(2)14-9-17-16(20)19(14)13-6-4-5-12-8-7-11(3)18-15(12)13/h4-10H,1-3H3,(H,17,20). The minimum Gasteiger partial charge on any atom is -0.337 e. The summed E-state index contributed by atoms with van der Waals surface area (Å²) in [5.41, 5.74) is 4.22. The molecule has 0 atom stereocenters. The molecule has 1 N–H and O–H groups in total. The highest BCUT2D eigenvalue weighted by Gasteiger charge is 2.12. The van der Waals surface area contributed by atoms with Crippen molar-refractivity contribution in [2.45, 2.75) is 26.7 Å². The number of nitrogens with one attached hydrogen (secondary N) is 1. The van der Waals surface area contributed by atoms with Crippen LogP contribution in [0.25, 0.3) is 16.6 Å². The highest BCUT2D eigenvalue weighted by Crippen LogP contribution is 2.25. The largest absolute Gasteiger partial charge is 0.337 e. The van der Waals surface area contributed by atoms with Crippen molar-refractivity contribution in [1.82, 2.24) is 14.5 Å². The molecular formula is C16H17N3S. The van der Waals surface area contributed by atoms with Gasteiger partial charge in [0.1, 0.15) is 0 Å².